The predicted molar refractivity (Wildman–Crippen MR) is 70.7 cm³/mol. The number of nitrogens with two attached hydrogens (primary N) is 1. The number of aliphatic hydroxyl groups is 1. The number of nitrogen functional groups attached to an aromatic ring is 1. The molecule has 9 nitrogen and oxygen atoms in total. The molecule has 1 aromatic rings. The van der Waals surface area contributed by atoms with E-state index in [0.29, 0.717) is 13.0 Å². The van der Waals surface area contributed by atoms with Gasteiger partial charge in [-0.1, -0.05) is 0 Å². The van der Waals surface area contributed by atoms with Crippen LogP contribution in [0.2, 0.25) is 0 Å². The highest BCUT2D eigenvalue weighted by Crippen LogP contribution is 2.26. The van der Waals surface area contributed by atoms with Gasteiger partial charge in [0.05, 0.1) is 4.92 Å². The molecule has 1 heterocycles. The highest BCUT2D eigenvalue weighted by atomic mass is 16.6. The zero-order chi connectivity index (χ0) is 14.3. The summed E-state index contributed by atoms with van der Waals surface area (Å²) in [6.07, 6.45) is 2.33. The van der Waals surface area contributed by atoms with E-state index < -0.39 is 4.92 Å². The van der Waals surface area contributed by atoms with Crippen molar-refractivity contribution >= 4 is 17.5 Å². The van der Waals surface area contributed by atoms with E-state index in [9.17, 15) is 10.1 Å². The summed E-state index contributed by atoms with van der Waals surface area (Å²) in [4.78, 5) is 18.3. The van der Waals surface area contributed by atoms with Crippen LogP contribution in [0.3, 0.4) is 0 Å². The van der Waals surface area contributed by atoms with Crippen molar-refractivity contribution in [2.24, 2.45) is 5.84 Å². The van der Waals surface area contributed by atoms with Crippen LogP contribution in [0.4, 0.5) is 17.5 Å². The van der Waals surface area contributed by atoms with E-state index >= 15 is 0 Å². The first-order chi connectivity index (χ1) is 9.10. The number of hydrazine groups is 1. The third-order valence-corrected chi connectivity index (χ3v) is 2.50. The summed E-state index contributed by atoms with van der Waals surface area (Å²) >= 11 is 0. The number of nitro groups is 1. The van der Waals surface area contributed by atoms with Crippen LogP contribution < -0.4 is 16.6 Å². The van der Waals surface area contributed by atoms with E-state index in [4.69, 9.17) is 10.9 Å². The maximum atomic E-state index is 11.0. The lowest BCUT2D eigenvalue weighted by atomic mass is 10.2. The lowest BCUT2D eigenvalue weighted by molar-refractivity contribution is -0.385. The second-order valence-electron chi connectivity index (χ2n) is 3.94. The van der Waals surface area contributed by atoms with Crippen molar-refractivity contribution in [3.05, 3.63) is 15.8 Å². The Hall–Kier alpha value is -2.00. The Kier molecular flexibility index (Phi) is 5.90. The molecule has 1 aromatic heterocycles. The lowest BCUT2D eigenvalue weighted by Gasteiger charge is -2.09. The Bertz CT molecular complexity index is 440. The van der Waals surface area contributed by atoms with E-state index in [2.05, 4.69) is 20.7 Å². The fourth-order valence-corrected chi connectivity index (χ4v) is 1.59. The number of hydrogen-bond acceptors (Lipinski definition) is 8. The minimum atomic E-state index is -0.522. The molecular weight excluding hydrogens is 252 g/mol. The molecule has 0 atom stereocenters. The van der Waals surface area contributed by atoms with E-state index in [1.807, 2.05) is 0 Å². The lowest BCUT2D eigenvalue weighted by Crippen LogP contribution is -2.15. The van der Waals surface area contributed by atoms with Crippen molar-refractivity contribution in [3.8, 4) is 0 Å². The molecular formula is C10H18N6O3. The number of unbranched alkanes of at least 4 members (excludes halogenated alkanes) is 2. The normalized spacial score (nSPS) is 10.3. The van der Waals surface area contributed by atoms with Gasteiger partial charge in [0.2, 0.25) is 11.8 Å². The van der Waals surface area contributed by atoms with Gasteiger partial charge in [0.25, 0.3) is 0 Å². The number of hydrogen-bond donors (Lipinski definition) is 4. The average Bonchev–Trinajstić information content (AvgIpc) is 2.37. The maximum Gasteiger partial charge on any atom is 0.332 e. The number of aliphatic hydroxyl groups excluding tert-OH is 1. The Morgan fingerprint density at radius 2 is 2.11 bits per heavy atom. The van der Waals surface area contributed by atoms with Crippen LogP contribution in [-0.2, 0) is 0 Å². The molecule has 0 fully saturated rings. The molecule has 0 aliphatic rings. The van der Waals surface area contributed by atoms with Crippen molar-refractivity contribution in [2.45, 2.75) is 26.2 Å². The third kappa shape index (κ3) is 4.30. The molecule has 0 spiro atoms. The van der Waals surface area contributed by atoms with E-state index in [1.54, 1.807) is 0 Å². The van der Waals surface area contributed by atoms with Crippen LogP contribution in [0.1, 0.15) is 25.0 Å². The first-order valence-corrected chi connectivity index (χ1v) is 5.94. The molecule has 19 heavy (non-hydrogen) atoms. The van der Waals surface area contributed by atoms with E-state index in [-0.39, 0.29) is 29.8 Å². The Morgan fingerprint density at radius 1 is 1.37 bits per heavy atom. The van der Waals surface area contributed by atoms with Gasteiger partial charge < -0.3 is 10.4 Å². The van der Waals surface area contributed by atoms with E-state index in [0.717, 1.165) is 12.8 Å². The maximum absolute atomic E-state index is 11.0. The SMILES string of the molecule is Cc1nc(NN)nc(NCCCCCO)c1[N+](=O)[O-]. The number of nitrogens with zero attached hydrogens (tertiary/aromatic N) is 3. The summed E-state index contributed by atoms with van der Waals surface area (Å²) in [7, 11) is 0. The summed E-state index contributed by atoms with van der Waals surface area (Å²) in [5.74, 6) is 5.48. The minimum absolute atomic E-state index is 0.126. The minimum Gasteiger partial charge on any atom is -0.396 e. The van der Waals surface area contributed by atoms with Crippen molar-refractivity contribution in [1.82, 2.24) is 9.97 Å². The van der Waals surface area contributed by atoms with Gasteiger partial charge in [-0.2, -0.15) is 4.98 Å². The summed E-state index contributed by atoms with van der Waals surface area (Å²) in [6, 6.07) is 0. The van der Waals surface area contributed by atoms with Crippen LogP contribution in [0, 0.1) is 17.0 Å². The van der Waals surface area contributed by atoms with Crippen LogP contribution in [0.5, 0.6) is 0 Å². The zero-order valence-electron chi connectivity index (χ0n) is 10.7. The summed E-state index contributed by atoms with van der Waals surface area (Å²) in [6.45, 7) is 2.20. The topological polar surface area (TPSA) is 139 Å². The quantitative estimate of drug-likeness (QED) is 0.232. The highest BCUT2D eigenvalue weighted by Gasteiger charge is 2.21. The molecule has 0 saturated heterocycles. The summed E-state index contributed by atoms with van der Waals surface area (Å²) < 4.78 is 0. The number of nitrogens with one attached hydrogen (secondary N) is 2. The fraction of sp³-hybridized carbons (Fsp3) is 0.600. The van der Waals surface area contributed by atoms with Crippen molar-refractivity contribution in [1.29, 1.82) is 0 Å². The molecule has 0 aliphatic carbocycles. The molecule has 0 unspecified atom stereocenters. The smallest absolute Gasteiger partial charge is 0.332 e. The van der Waals surface area contributed by atoms with Gasteiger partial charge in [0.1, 0.15) is 5.69 Å². The fourth-order valence-electron chi connectivity index (χ4n) is 1.59. The molecule has 0 amide bonds. The second-order valence-corrected chi connectivity index (χ2v) is 3.94. The monoisotopic (exact) mass is 270 g/mol. The molecule has 5 N–H and O–H groups in total. The van der Waals surface area contributed by atoms with Crippen molar-refractivity contribution < 1.29 is 10.0 Å². The largest absolute Gasteiger partial charge is 0.396 e. The van der Waals surface area contributed by atoms with Crippen LogP contribution in [0.15, 0.2) is 0 Å². The van der Waals surface area contributed by atoms with Crippen LogP contribution >= 0.6 is 0 Å². The average molecular weight is 270 g/mol. The Morgan fingerprint density at radius 3 is 2.68 bits per heavy atom. The van der Waals surface area contributed by atoms with Gasteiger partial charge in [0, 0.05) is 13.2 Å². The Labute approximate surface area is 110 Å². The molecule has 0 bridgehead atoms. The van der Waals surface area contributed by atoms with Gasteiger partial charge in [0.15, 0.2) is 0 Å². The summed E-state index contributed by atoms with van der Waals surface area (Å²) in [5.41, 5.74) is 2.36. The van der Waals surface area contributed by atoms with Gasteiger partial charge in [-0.05, 0) is 26.2 Å². The number of rotatable bonds is 8. The number of aromatic nitrogens is 2. The number of anilines is 2. The standard InChI is InChI=1S/C10H18N6O3/c1-7-8(16(18)19)9(14-10(13-7)15-11)12-5-3-2-4-6-17/h17H,2-6,11H2,1H3,(H2,12,13,14,15). The van der Waals surface area contributed by atoms with Gasteiger partial charge in [-0.25, -0.2) is 10.8 Å². The molecule has 0 aliphatic heterocycles. The van der Waals surface area contributed by atoms with Gasteiger partial charge >= 0.3 is 5.69 Å². The molecule has 9 heteroatoms. The van der Waals surface area contributed by atoms with Gasteiger partial charge in [-0.15, -0.1) is 0 Å². The van der Waals surface area contributed by atoms with Crippen molar-refractivity contribution in [3.63, 3.8) is 0 Å². The highest BCUT2D eigenvalue weighted by molar-refractivity contribution is 5.60. The number of aryl methyl sites for hydroxylation is 1. The second kappa shape index (κ2) is 7.44. The van der Waals surface area contributed by atoms with Crippen LogP contribution in [-0.4, -0.2) is 33.1 Å². The van der Waals surface area contributed by atoms with Crippen LogP contribution in [0.25, 0.3) is 0 Å². The van der Waals surface area contributed by atoms with Gasteiger partial charge in [-0.3, -0.25) is 15.5 Å². The molecule has 0 saturated carbocycles. The predicted octanol–water partition coefficient (Wildman–Crippen LogP) is 0.553. The third-order valence-electron chi connectivity index (χ3n) is 2.50. The van der Waals surface area contributed by atoms with Crippen molar-refractivity contribution in [2.75, 3.05) is 23.9 Å². The molecule has 0 aromatic carbocycles. The summed E-state index contributed by atoms with van der Waals surface area (Å²) in [5, 5.41) is 22.5. The molecule has 106 valence electrons. The Balaban J connectivity index is 2.78. The van der Waals surface area contributed by atoms with E-state index in [1.165, 1.54) is 6.92 Å². The molecule has 1 rings (SSSR count). The first-order valence-electron chi connectivity index (χ1n) is 5.94. The first kappa shape index (κ1) is 15.1. The zero-order valence-corrected chi connectivity index (χ0v) is 10.7. The molecule has 0 radical (unpaired) electrons.